The van der Waals surface area contributed by atoms with Crippen LogP contribution in [-0.4, -0.2) is 31.2 Å². The molecule has 0 aromatic carbocycles. The monoisotopic (exact) mass is 294 g/mol. The van der Waals surface area contributed by atoms with Crippen LogP contribution in [0.1, 0.15) is 6.42 Å². The van der Waals surface area contributed by atoms with Crippen LogP contribution in [0.25, 0.3) is 0 Å². The van der Waals surface area contributed by atoms with Crippen LogP contribution in [0, 0.1) is 11.3 Å². The number of carbonyl (C=O) groups is 1. The van der Waals surface area contributed by atoms with Gasteiger partial charge in [0.05, 0.1) is 5.69 Å². The van der Waals surface area contributed by atoms with Crippen LogP contribution in [-0.2, 0) is 9.53 Å². The molecule has 0 aliphatic heterocycles. The molecule has 0 aliphatic carbocycles. The van der Waals surface area contributed by atoms with Gasteiger partial charge in [0.25, 0.3) is 5.91 Å². The number of rotatable bonds is 7. The van der Waals surface area contributed by atoms with E-state index >= 15 is 0 Å². The van der Waals surface area contributed by atoms with Gasteiger partial charge < -0.3 is 15.4 Å². The van der Waals surface area contributed by atoms with Gasteiger partial charge in [-0.2, -0.15) is 5.26 Å². The van der Waals surface area contributed by atoms with E-state index in [4.69, 9.17) is 21.6 Å². The van der Waals surface area contributed by atoms with Crippen molar-refractivity contribution in [3.63, 3.8) is 0 Å². The molecule has 1 rings (SSSR count). The first kappa shape index (κ1) is 16.0. The third kappa shape index (κ3) is 5.26. The largest absolute Gasteiger partial charge is 0.385 e. The van der Waals surface area contributed by atoms with Crippen molar-refractivity contribution >= 4 is 23.2 Å². The second-order valence-corrected chi connectivity index (χ2v) is 4.12. The minimum atomic E-state index is -0.448. The van der Waals surface area contributed by atoms with Crippen LogP contribution in [0.2, 0.25) is 5.15 Å². The molecule has 0 saturated carbocycles. The summed E-state index contributed by atoms with van der Waals surface area (Å²) in [5, 5.41) is 14.6. The maximum absolute atomic E-state index is 11.7. The molecule has 106 valence electrons. The van der Waals surface area contributed by atoms with Crippen molar-refractivity contribution in [2.45, 2.75) is 6.42 Å². The van der Waals surface area contributed by atoms with Gasteiger partial charge in [0.1, 0.15) is 11.6 Å². The first-order valence-corrected chi connectivity index (χ1v) is 6.31. The fourth-order valence-electron chi connectivity index (χ4n) is 1.31. The molecular formula is C13H15ClN4O2. The highest BCUT2D eigenvalue weighted by Gasteiger charge is 2.08. The minimum Gasteiger partial charge on any atom is -0.385 e. The predicted molar refractivity (Wildman–Crippen MR) is 76.1 cm³/mol. The minimum absolute atomic E-state index is 0.0395. The topological polar surface area (TPSA) is 87.0 Å². The van der Waals surface area contributed by atoms with Crippen molar-refractivity contribution < 1.29 is 9.53 Å². The summed E-state index contributed by atoms with van der Waals surface area (Å²) in [6.45, 7) is 0.995. The second-order valence-electron chi connectivity index (χ2n) is 3.76. The van der Waals surface area contributed by atoms with Crippen LogP contribution in [0.15, 0.2) is 30.1 Å². The number of pyridine rings is 1. The Labute approximate surface area is 122 Å². The number of ether oxygens (including phenoxy) is 1. The molecule has 1 aromatic rings. The van der Waals surface area contributed by atoms with Gasteiger partial charge in [0, 0.05) is 32.7 Å². The van der Waals surface area contributed by atoms with E-state index in [1.54, 1.807) is 25.4 Å². The molecule has 1 heterocycles. The summed E-state index contributed by atoms with van der Waals surface area (Å²) in [5.41, 5.74) is 0.483. The molecule has 2 N–H and O–H groups in total. The lowest BCUT2D eigenvalue weighted by molar-refractivity contribution is -0.117. The number of anilines is 1. The fraction of sp³-hybridized carbons (Fsp3) is 0.308. The zero-order valence-corrected chi connectivity index (χ0v) is 11.8. The molecule has 6 nitrogen and oxygen atoms in total. The molecule has 0 aliphatic rings. The van der Waals surface area contributed by atoms with Crippen molar-refractivity contribution in [1.82, 2.24) is 10.3 Å². The van der Waals surface area contributed by atoms with Crippen LogP contribution < -0.4 is 10.6 Å². The van der Waals surface area contributed by atoms with Gasteiger partial charge in [-0.05, 0) is 18.6 Å². The number of amides is 1. The van der Waals surface area contributed by atoms with Crippen molar-refractivity contribution in [2.75, 3.05) is 25.6 Å². The summed E-state index contributed by atoms with van der Waals surface area (Å²) < 4.78 is 4.86. The van der Waals surface area contributed by atoms with Crippen LogP contribution in [0.4, 0.5) is 5.69 Å². The lowest BCUT2D eigenvalue weighted by atomic mass is 10.3. The Morgan fingerprint density at radius 2 is 2.45 bits per heavy atom. The maximum Gasteiger partial charge on any atom is 0.263 e. The summed E-state index contributed by atoms with van der Waals surface area (Å²) in [6.07, 6.45) is 3.53. The number of nitrogens with zero attached hydrogens (tertiary/aromatic N) is 2. The first-order valence-electron chi connectivity index (χ1n) is 5.93. The normalized spacial score (nSPS) is 10.8. The molecule has 1 amide bonds. The standard InChI is InChI=1S/C13H15ClN4O2/c1-20-7-3-6-17-13(19)10(8-15)9-18-11-4-2-5-16-12(11)14/h2,4-5,9,18H,3,6-7H2,1H3,(H,17,19)/b10-9-. The number of halogens is 1. The van der Waals surface area contributed by atoms with E-state index in [1.807, 2.05) is 6.07 Å². The molecular weight excluding hydrogens is 280 g/mol. The smallest absolute Gasteiger partial charge is 0.263 e. The van der Waals surface area contributed by atoms with Crippen LogP contribution in [0.3, 0.4) is 0 Å². The lowest BCUT2D eigenvalue weighted by Crippen LogP contribution is -2.26. The molecule has 20 heavy (non-hydrogen) atoms. The highest BCUT2D eigenvalue weighted by Crippen LogP contribution is 2.17. The Hall–Kier alpha value is -2.10. The van der Waals surface area contributed by atoms with Gasteiger partial charge in [0.2, 0.25) is 0 Å². The predicted octanol–water partition coefficient (Wildman–Crippen LogP) is 1.71. The zero-order valence-electron chi connectivity index (χ0n) is 11.0. The summed E-state index contributed by atoms with van der Waals surface area (Å²) in [4.78, 5) is 15.6. The fourth-order valence-corrected chi connectivity index (χ4v) is 1.48. The van der Waals surface area contributed by atoms with E-state index in [2.05, 4.69) is 15.6 Å². The summed E-state index contributed by atoms with van der Waals surface area (Å²) in [7, 11) is 1.59. The average molecular weight is 295 g/mol. The third-order valence-corrected chi connectivity index (χ3v) is 2.61. The number of nitrogens with one attached hydrogen (secondary N) is 2. The highest BCUT2D eigenvalue weighted by molar-refractivity contribution is 6.32. The maximum atomic E-state index is 11.7. The summed E-state index contributed by atoms with van der Waals surface area (Å²) >= 11 is 5.85. The number of methoxy groups -OCH3 is 1. The Balaban J connectivity index is 2.57. The quantitative estimate of drug-likeness (QED) is 0.346. The van der Waals surface area contributed by atoms with Crippen molar-refractivity contribution in [3.05, 3.63) is 35.3 Å². The number of hydrogen-bond acceptors (Lipinski definition) is 5. The zero-order chi connectivity index (χ0) is 14.8. The van der Waals surface area contributed by atoms with Crippen molar-refractivity contribution in [2.24, 2.45) is 0 Å². The SMILES string of the molecule is COCCCNC(=O)/C(C#N)=C\Nc1cccnc1Cl. The van der Waals surface area contributed by atoms with Gasteiger partial charge >= 0.3 is 0 Å². The Bertz CT molecular complexity index is 525. The number of hydrogen-bond donors (Lipinski definition) is 2. The van der Waals surface area contributed by atoms with E-state index in [-0.39, 0.29) is 10.7 Å². The van der Waals surface area contributed by atoms with Crippen molar-refractivity contribution in [1.29, 1.82) is 5.26 Å². The first-order chi connectivity index (χ1) is 9.69. The summed E-state index contributed by atoms with van der Waals surface area (Å²) in [6, 6.07) is 5.21. The van der Waals surface area contributed by atoms with E-state index in [1.165, 1.54) is 6.20 Å². The molecule has 0 saturated heterocycles. The summed E-state index contributed by atoms with van der Waals surface area (Å²) in [5.74, 6) is -0.448. The van der Waals surface area contributed by atoms with Gasteiger partial charge in [-0.3, -0.25) is 4.79 Å². The lowest BCUT2D eigenvalue weighted by Gasteiger charge is -2.05. The molecule has 0 spiro atoms. The van der Waals surface area contributed by atoms with Gasteiger partial charge in [-0.25, -0.2) is 4.98 Å². The number of aromatic nitrogens is 1. The van der Waals surface area contributed by atoms with E-state index in [0.717, 1.165) is 0 Å². The molecule has 0 radical (unpaired) electrons. The Morgan fingerprint density at radius 3 is 3.10 bits per heavy atom. The Morgan fingerprint density at radius 1 is 1.65 bits per heavy atom. The van der Waals surface area contributed by atoms with Gasteiger partial charge in [-0.15, -0.1) is 0 Å². The highest BCUT2D eigenvalue weighted by atomic mass is 35.5. The molecule has 1 aromatic heterocycles. The molecule has 0 atom stereocenters. The molecule has 7 heteroatoms. The average Bonchev–Trinajstić information content (AvgIpc) is 2.46. The third-order valence-electron chi connectivity index (χ3n) is 2.31. The number of nitriles is 1. The van der Waals surface area contributed by atoms with E-state index < -0.39 is 5.91 Å². The Kier molecular flexibility index (Phi) is 7.11. The molecule has 0 unspecified atom stereocenters. The second kappa shape index (κ2) is 8.91. The van der Waals surface area contributed by atoms with Crippen LogP contribution >= 0.6 is 11.6 Å². The van der Waals surface area contributed by atoms with E-state index in [0.29, 0.717) is 25.3 Å². The van der Waals surface area contributed by atoms with Crippen molar-refractivity contribution in [3.8, 4) is 6.07 Å². The molecule has 0 bridgehead atoms. The van der Waals surface area contributed by atoms with Gasteiger partial charge in [-0.1, -0.05) is 11.6 Å². The van der Waals surface area contributed by atoms with Crippen LogP contribution in [0.5, 0.6) is 0 Å². The van der Waals surface area contributed by atoms with Gasteiger partial charge in [0.15, 0.2) is 5.15 Å². The molecule has 0 fully saturated rings. The van der Waals surface area contributed by atoms with E-state index in [9.17, 15) is 4.79 Å². The number of carbonyl (C=O) groups excluding carboxylic acids is 1.